The minimum absolute atomic E-state index is 0.155. The molecule has 19 heavy (non-hydrogen) atoms. The number of hydrazine groups is 1. The first-order valence-electron chi connectivity index (χ1n) is 8.50. The Morgan fingerprint density at radius 1 is 0.947 bits per heavy atom. The Morgan fingerprint density at radius 2 is 1.63 bits per heavy atom. The molecule has 3 heteroatoms. The molecule has 0 radical (unpaired) electrons. The third-order valence-electron chi connectivity index (χ3n) is 5.55. The lowest BCUT2D eigenvalue weighted by atomic mass is 9.90. The molecule has 2 aliphatic carbocycles. The molecule has 0 spiro atoms. The van der Waals surface area contributed by atoms with Crippen LogP contribution in [-0.4, -0.2) is 12.3 Å². The van der Waals surface area contributed by atoms with Crippen molar-refractivity contribution in [3.63, 3.8) is 0 Å². The van der Waals surface area contributed by atoms with E-state index in [4.69, 9.17) is 10.6 Å². The SMILES string of the molecule is NNC1OC1CCC1CC1C1CCCCCCCC1. The van der Waals surface area contributed by atoms with Crippen molar-refractivity contribution in [3.8, 4) is 0 Å². The molecule has 0 bridgehead atoms. The molecule has 3 aliphatic rings. The predicted molar refractivity (Wildman–Crippen MR) is 77.2 cm³/mol. The van der Waals surface area contributed by atoms with Gasteiger partial charge in [-0.1, -0.05) is 51.4 Å². The van der Waals surface area contributed by atoms with Crippen LogP contribution in [0.4, 0.5) is 0 Å². The molecule has 0 aromatic rings. The summed E-state index contributed by atoms with van der Waals surface area (Å²) in [5.74, 6) is 8.47. The molecule has 2 saturated carbocycles. The molecule has 0 aromatic carbocycles. The monoisotopic (exact) mass is 266 g/mol. The minimum Gasteiger partial charge on any atom is -0.352 e. The maximum Gasteiger partial charge on any atom is 0.147 e. The van der Waals surface area contributed by atoms with Crippen molar-refractivity contribution in [2.24, 2.45) is 23.6 Å². The Bertz CT molecular complexity index is 274. The zero-order valence-corrected chi connectivity index (χ0v) is 12.2. The van der Waals surface area contributed by atoms with Crippen LogP contribution < -0.4 is 11.3 Å². The van der Waals surface area contributed by atoms with Gasteiger partial charge < -0.3 is 4.74 Å². The fraction of sp³-hybridized carbons (Fsp3) is 1.00. The number of epoxide rings is 1. The first-order valence-corrected chi connectivity index (χ1v) is 8.50. The number of ether oxygens (including phenoxy) is 1. The average Bonchev–Trinajstić information content (AvgIpc) is 3.31. The fourth-order valence-corrected chi connectivity index (χ4v) is 4.16. The highest BCUT2D eigenvalue weighted by atomic mass is 16.6. The topological polar surface area (TPSA) is 50.6 Å². The summed E-state index contributed by atoms with van der Waals surface area (Å²) in [5.41, 5.74) is 2.71. The van der Waals surface area contributed by atoms with E-state index >= 15 is 0 Å². The maximum absolute atomic E-state index is 5.44. The van der Waals surface area contributed by atoms with Crippen molar-refractivity contribution in [2.75, 3.05) is 0 Å². The van der Waals surface area contributed by atoms with Crippen LogP contribution in [-0.2, 0) is 4.74 Å². The molecule has 3 rings (SSSR count). The van der Waals surface area contributed by atoms with Gasteiger partial charge in [-0.2, -0.15) is 0 Å². The van der Waals surface area contributed by atoms with E-state index in [2.05, 4.69) is 5.43 Å². The Labute approximate surface area is 117 Å². The zero-order valence-electron chi connectivity index (χ0n) is 12.2. The van der Waals surface area contributed by atoms with Gasteiger partial charge in [0.25, 0.3) is 0 Å². The van der Waals surface area contributed by atoms with E-state index < -0.39 is 0 Å². The summed E-state index contributed by atoms with van der Waals surface area (Å²) >= 11 is 0. The molecule has 0 amide bonds. The highest BCUT2D eigenvalue weighted by molar-refractivity contribution is 4.93. The Hall–Kier alpha value is -0.120. The van der Waals surface area contributed by atoms with E-state index in [0.29, 0.717) is 6.10 Å². The van der Waals surface area contributed by atoms with Gasteiger partial charge in [0.15, 0.2) is 0 Å². The fourth-order valence-electron chi connectivity index (χ4n) is 4.16. The molecule has 0 aromatic heterocycles. The molecule has 110 valence electrons. The van der Waals surface area contributed by atoms with Gasteiger partial charge in [-0.15, -0.1) is 0 Å². The normalized spacial score (nSPS) is 40.3. The van der Waals surface area contributed by atoms with E-state index in [1.54, 1.807) is 0 Å². The van der Waals surface area contributed by atoms with Crippen molar-refractivity contribution in [1.82, 2.24) is 5.43 Å². The highest BCUT2D eigenvalue weighted by Crippen LogP contribution is 2.51. The van der Waals surface area contributed by atoms with Crippen LogP contribution in [0, 0.1) is 17.8 Å². The minimum atomic E-state index is 0.155. The second kappa shape index (κ2) is 6.55. The third kappa shape index (κ3) is 3.93. The van der Waals surface area contributed by atoms with Crippen LogP contribution in [0.15, 0.2) is 0 Å². The summed E-state index contributed by atoms with van der Waals surface area (Å²) in [6.45, 7) is 0. The summed E-state index contributed by atoms with van der Waals surface area (Å²) in [7, 11) is 0. The van der Waals surface area contributed by atoms with Gasteiger partial charge in [0.1, 0.15) is 12.3 Å². The van der Waals surface area contributed by atoms with Crippen LogP contribution in [0.25, 0.3) is 0 Å². The van der Waals surface area contributed by atoms with Gasteiger partial charge in [0.2, 0.25) is 0 Å². The molecule has 4 atom stereocenters. The van der Waals surface area contributed by atoms with Crippen LogP contribution in [0.2, 0.25) is 0 Å². The van der Waals surface area contributed by atoms with Crippen LogP contribution >= 0.6 is 0 Å². The van der Waals surface area contributed by atoms with Crippen LogP contribution in [0.5, 0.6) is 0 Å². The number of hydrogen-bond donors (Lipinski definition) is 2. The molecule has 1 heterocycles. The van der Waals surface area contributed by atoms with Gasteiger partial charge in [0.05, 0.1) is 0 Å². The molecular formula is C16H30N2O. The van der Waals surface area contributed by atoms with Crippen molar-refractivity contribution >= 4 is 0 Å². The van der Waals surface area contributed by atoms with Crippen molar-refractivity contribution in [3.05, 3.63) is 0 Å². The first kappa shape index (κ1) is 13.8. The van der Waals surface area contributed by atoms with E-state index in [1.165, 1.54) is 70.6 Å². The molecular weight excluding hydrogens is 236 g/mol. The lowest BCUT2D eigenvalue weighted by Gasteiger charge is -2.15. The van der Waals surface area contributed by atoms with Gasteiger partial charge in [-0.25, -0.2) is 5.43 Å². The summed E-state index contributed by atoms with van der Waals surface area (Å²) in [5, 5.41) is 0. The van der Waals surface area contributed by atoms with Crippen molar-refractivity contribution < 1.29 is 4.74 Å². The quantitative estimate of drug-likeness (QED) is 0.456. The second-order valence-corrected chi connectivity index (χ2v) is 6.96. The number of nitrogens with two attached hydrogens (primary N) is 1. The van der Waals surface area contributed by atoms with E-state index in [0.717, 1.165) is 17.8 Å². The van der Waals surface area contributed by atoms with Crippen molar-refractivity contribution in [1.29, 1.82) is 0 Å². The standard InChI is InChI=1S/C16H30N2O/c17-18-16-15(19-16)10-9-13-11-14(13)12-7-5-3-1-2-4-6-8-12/h12-16,18H,1-11,17H2. The van der Waals surface area contributed by atoms with E-state index in [9.17, 15) is 0 Å². The maximum atomic E-state index is 5.44. The summed E-state index contributed by atoms with van der Waals surface area (Å²) in [6.07, 6.45) is 16.5. The van der Waals surface area contributed by atoms with Gasteiger partial charge in [-0.3, -0.25) is 5.84 Å². The predicted octanol–water partition coefficient (Wildman–Crippen LogP) is 3.34. The Morgan fingerprint density at radius 3 is 2.26 bits per heavy atom. The molecule has 3 nitrogen and oxygen atoms in total. The number of nitrogens with one attached hydrogen (secondary N) is 1. The average molecular weight is 266 g/mol. The first-order chi connectivity index (χ1) is 9.38. The van der Waals surface area contributed by atoms with Gasteiger partial charge >= 0.3 is 0 Å². The van der Waals surface area contributed by atoms with Crippen LogP contribution in [0.3, 0.4) is 0 Å². The van der Waals surface area contributed by atoms with E-state index in [-0.39, 0.29) is 6.23 Å². The Kier molecular flexibility index (Phi) is 4.78. The zero-order chi connectivity index (χ0) is 13.1. The largest absolute Gasteiger partial charge is 0.352 e. The van der Waals surface area contributed by atoms with Gasteiger partial charge in [-0.05, 0) is 37.0 Å². The summed E-state index contributed by atoms with van der Waals surface area (Å²) < 4.78 is 5.44. The van der Waals surface area contributed by atoms with Gasteiger partial charge in [0, 0.05) is 0 Å². The molecule has 1 saturated heterocycles. The van der Waals surface area contributed by atoms with E-state index in [1.807, 2.05) is 0 Å². The molecule has 1 aliphatic heterocycles. The molecule has 3 fully saturated rings. The van der Waals surface area contributed by atoms with Crippen molar-refractivity contribution in [2.45, 2.75) is 83.0 Å². The Balaban J connectivity index is 1.35. The molecule has 4 unspecified atom stereocenters. The van der Waals surface area contributed by atoms with Crippen LogP contribution in [0.1, 0.15) is 70.6 Å². The summed E-state index contributed by atoms with van der Waals surface area (Å²) in [4.78, 5) is 0. The second-order valence-electron chi connectivity index (χ2n) is 6.96. The lowest BCUT2D eigenvalue weighted by Crippen LogP contribution is -2.27. The smallest absolute Gasteiger partial charge is 0.147 e. The summed E-state index contributed by atoms with van der Waals surface area (Å²) in [6, 6.07) is 0. The third-order valence-corrected chi connectivity index (χ3v) is 5.55. The highest BCUT2D eigenvalue weighted by Gasteiger charge is 2.44. The number of hydrogen-bond acceptors (Lipinski definition) is 3. The number of rotatable bonds is 5. The lowest BCUT2D eigenvalue weighted by molar-refractivity contribution is 0.329. The molecule has 3 N–H and O–H groups in total.